The maximum Gasteiger partial charge on any atom is 0.0714 e. The van der Waals surface area contributed by atoms with Crippen LogP contribution in [0.3, 0.4) is 0 Å². The number of nitrogens with zero attached hydrogens (tertiary/aromatic N) is 3. The van der Waals surface area contributed by atoms with Crippen molar-refractivity contribution in [3.63, 3.8) is 0 Å². The van der Waals surface area contributed by atoms with Crippen LogP contribution in [0, 0.1) is 0 Å². The second-order valence-electron chi connectivity index (χ2n) is 24.7. The zero-order valence-corrected chi connectivity index (χ0v) is 51.1. The lowest BCUT2D eigenvalue weighted by atomic mass is 9.67. The summed E-state index contributed by atoms with van der Waals surface area (Å²) >= 11 is 0. The lowest BCUT2D eigenvalue weighted by Crippen LogP contribution is -2.28. The Bertz CT molecular complexity index is 5430. The minimum absolute atomic E-state index is 0.608. The number of anilines is 6. The van der Waals surface area contributed by atoms with Crippen molar-refractivity contribution in [1.82, 2.24) is 4.57 Å². The third-order valence-electron chi connectivity index (χ3n) is 19.8. The predicted molar refractivity (Wildman–Crippen MR) is 388 cm³/mol. The van der Waals surface area contributed by atoms with E-state index in [1.165, 1.54) is 93.8 Å². The highest BCUT2D eigenvalue weighted by molar-refractivity contribution is 6.11. The molecule has 93 heavy (non-hydrogen) atoms. The zero-order chi connectivity index (χ0) is 61.5. The molecule has 2 aliphatic carbocycles. The molecule has 1 aromatic heterocycles. The molecule has 0 amide bonds. The zero-order valence-electron chi connectivity index (χ0n) is 51.1. The molecule has 0 atom stereocenters. The second-order valence-corrected chi connectivity index (χ2v) is 24.7. The first kappa shape index (κ1) is 53.9. The van der Waals surface area contributed by atoms with E-state index in [4.69, 9.17) is 0 Å². The van der Waals surface area contributed by atoms with Crippen LogP contribution in [-0.2, 0) is 10.8 Å². The molecule has 0 radical (unpaired) electrons. The van der Waals surface area contributed by atoms with E-state index in [2.05, 4.69) is 384 Å². The Balaban J connectivity index is 0.924. The number of para-hydroxylation sites is 3. The van der Waals surface area contributed by atoms with Crippen molar-refractivity contribution in [2.45, 2.75) is 10.8 Å². The fourth-order valence-electron chi connectivity index (χ4n) is 16.0. The van der Waals surface area contributed by atoms with Crippen molar-refractivity contribution in [2.24, 2.45) is 0 Å². The summed E-state index contributed by atoms with van der Waals surface area (Å²) < 4.78 is 2.41. The van der Waals surface area contributed by atoms with Gasteiger partial charge in [-0.3, -0.25) is 0 Å². The third-order valence-corrected chi connectivity index (χ3v) is 19.8. The molecule has 1 heterocycles. The topological polar surface area (TPSA) is 11.4 Å². The van der Waals surface area contributed by atoms with Crippen LogP contribution in [0.4, 0.5) is 34.1 Å². The van der Waals surface area contributed by atoms with Crippen molar-refractivity contribution in [1.29, 1.82) is 0 Å². The van der Waals surface area contributed by atoms with E-state index in [0.717, 1.165) is 56.5 Å². The predicted octanol–water partition coefficient (Wildman–Crippen LogP) is 23.3. The molecule has 0 saturated carbocycles. The summed E-state index contributed by atoms with van der Waals surface area (Å²) in [5.74, 6) is 0. The normalized spacial score (nSPS) is 13.1. The lowest BCUT2D eigenvalue weighted by Gasteiger charge is -2.35. The SMILES string of the molecule is c1ccc(N(c2cc(-c3ccc4c(c3)c3ccccc3n4-c3ccccc3)cc(N(c3ccc4c(c3)C(c3ccccc3)(c3ccccc3)c3ccccc3-4)c3ccc4ccccc4c3)c2)c2ccc3c(c2)C(c2ccccc2)(c2ccccc2)c2ccccc2-3)cc1. The minimum atomic E-state index is -0.618. The second kappa shape index (κ2) is 21.9. The van der Waals surface area contributed by atoms with Gasteiger partial charge in [0.1, 0.15) is 0 Å². The molecule has 436 valence electrons. The van der Waals surface area contributed by atoms with E-state index in [-0.39, 0.29) is 0 Å². The van der Waals surface area contributed by atoms with Gasteiger partial charge in [0.2, 0.25) is 0 Å². The number of hydrogen-bond donors (Lipinski definition) is 0. The first-order valence-corrected chi connectivity index (χ1v) is 32.2. The van der Waals surface area contributed by atoms with Crippen LogP contribution in [-0.4, -0.2) is 4.57 Å². The van der Waals surface area contributed by atoms with Gasteiger partial charge in [-0.25, -0.2) is 0 Å². The highest BCUT2D eigenvalue weighted by atomic mass is 15.2. The largest absolute Gasteiger partial charge is 0.310 e. The molecule has 0 bridgehead atoms. The van der Waals surface area contributed by atoms with Gasteiger partial charge in [-0.15, -0.1) is 0 Å². The Morgan fingerprint density at radius 1 is 0.215 bits per heavy atom. The molecule has 18 rings (SSSR count). The van der Waals surface area contributed by atoms with Crippen LogP contribution in [0.5, 0.6) is 0 Å². The van der Waals surface area contributed by atoms with Crippen molar-refractivity contribution in [2.75, 3.05) is 9.80 Å². The molecule has 3 heteroatoms. The van der Waals surface area contributed by atoms with E-state index >= 15 is 0 Å². The van der Waals surface area contributed by atoms with E-state index in [9.17, 15) is 0 Å². The van der Waals surface area contributed by atoms with Gasteiger partial charge < -0.3 is 14.4 Å². The van der Waals surface area contributed by atoms with Crippen molar-refractivity contribution < 1.29 is 0 Å². The third kappa shape index (κ3) is 8.44. The van der Waals surface area contributed by atoms with Crippen LogP contribution in [0.25, 0.3) is 71.6 Å². The first-order valence-electron chi connectivity index (χ1n) is 32.2. The monoisotopic (exact) mass is 1180 g/mol. The summed E-state index contributed by atoms with van der Waals surface area (Å²) in [6.07, 6.45) is 0. The number of aromatic nitrogens is 1. The summed E-state index contributed by atoms with van der Waals surface area (Å²) in [5, 5.41) is 4.75. The minimum Gasteiger partial charge on any atom is -0.310 e. The van der Waals surface area contributed by atoms with Crippen LogP contribution in [0.2, 0.25) is 0 Å². The van der Waals surface area contributed by atoms with Crippen LogP contribution in [0.1, 0.15) is 44.5 Å². The lowest BCUT2D eigenvalue weighted by molar-refractivity contribution is 0.768. The molecule has 15 aromatic carbocycles. The molecular formula is C90H61N3. The van der Waals surface area contributed by atoms with Crippen molar-refractivity contribution >= 4 is 66.7 Å². The van der Waals surface area contributed by atoms with Crippen LogP contribution >= 0.6 is 0 Å². The number of benzene rings is 15. The van der Waals surface area contributed by atoms with Crippen LogP contribution in [0.15, 0.2) is 370 Å². The molecule has 0 N–H and O–H groups in total. The highest BCUT2D eigenvalue weighted by Gasteiger charge is 2.48. The van der Waals surface area contributed by atoms with Gasteiger partial charge in [-0.05, 0) is 186 Å². The molecule has 16 aromatic rings. The number of fused-ring (bicyclic) bond motifs is 10. The quantitative estimate of drug-likeness (QED) is 0.121. The van der Waals surface area contributed by atoms with E-state index in [1.54, 1.807) is 0 Å². The van der Waals surface area contributed by atoms with Crippen molar-refractivity contribution in [3.8, 4) is 39.1 Å². The van der Waals surface area contributed by atoms with E-state index in [1.807, 2.05) is 0 Å². The Hall–Kier alpha value is -12.0. The Morgan fingerprint density at radius 2 is 0.624 bits per heavy atom. The Kier molecular flexibility index (Phi) is 12.7. The van der Waals surface area contributed by atoms with E-state index in [0.29, 0.717) is 0 Å². The van der Waals surface area contributed by atoms with Gasteiger partial charge in [0.25, 0.3) is 0 Å². The molecule has 0 aliphatic heterocycles. The van der Waals surface area contributed by atoms with Crippen LogP contribution < -0.4 is 9.80 Å². The van der Waals surface area contributed by atoms with Gasteiger partial charge in [-0.1, -0.05) is 273 Å². The van der Waals surface area contributed by atoms with Gasteiger partial charge >= 0.3 is 0 Å². The van der Waals surface area contributed by atoms with E-state index < -0.39 is 10.8 Å². The fraction of sp³-hybridized carbons (Fsp3) is 0.0222. The molecule has 0 fully saturated rings. The highest BCUT2D eigenvalue weighted by Crippen LogP contribution is 2.60. The molecule has 2 aliphatic rings. The fourth-order valence-corrected chi connectivity index (χ4v) is 16.0. The summed E-state index contributed by atoms with van der Waals surface area (Å²) in [5.41, 5.74) is 25.6. The Morgan fingerprint density at radius 3 is 1.17 bits per heavy atom. The summed E-state index contributed by atoms with van der Waals surface area (Å²) in [7, 11) is 0. The first-order chi connectivity index (χ1) is 46.1. The molecule has 0 unspecified atom stereocenters. The maximum absolute atomic E-state index is 2.52. The molecular weight excluding hydrogens is 1120 g/mol. The summed E-state index contributed by atoms with van der Waals surface area (Å²) in [6, 6.07) is 138. The van der Waals surface area contributed by atoms with Crippen molar-refractivity contribution in [3.05, 3.63) is 415 Å². The summed E-state index contributed by atoms with van der Waals surface area (Å²) in [4.78, 5) is 5.01. The maximum atomic E-state index is 2.52. The average Bonchev–Trinajstić information content (AvgIpc) is 1.58. The van der Waals surface area contributed by atoms with Gasteiger partial charge in [0.15, 0.2) is 0 Å². The van der Waals surface area contributed by atoms with Gasteiger partial charge in [-0.2, -0.15) is 0 Å². The average molecular weight is 1180 g/mol. The van der Waals surface area contributed by atoms with Gasteiger partial charge in [0, 0.05) is 50.6 Å². The van der Waals surface area contributed by atoms with Gasteiger partial charge in [0.05, 0.1) is 21.9 Å². The standard InChI is InChI=1S/C90H61N3/c1-7-29-66(30-8-1)89(67-31-9-2-10-32-67)83-44-24-21-41-77(83)79-52-50-73(60-85(79)89)91(70-37-15-5-16-38-70)75-56-65(64-48-54-88-82(58-64)81-43-23-26-46-87(81)93(88)71-39-17-6-18-40-71)57-76(59-75)92(72-49-47-62-27-19-20-28-63(62)55-72)74-51-53-80-78-42-22-25-45-84(78)90(86(80)61-74,68-33-11-3-12-34-68)69-35-13-4-14-36-69/h1-61H. The number of hydrogen-bond acceptors (Lipinski definition) is 2. The Labute approximate surface area is 542 Å². The molecule has 0 spiro atoms. The molecule has 3 nitrogen and oxygen atoms in total. The molecule has 0 saturated heterocycles. The number of rotatable bonds is 12. The smallest absolute Gasteiger partial charge is 0.0714 e. The summed E-state index contributed by atoms with van der Waals surface area (Å²) in [6.45, 7) is 0.